The number of hydrogen-bond acceptors (Lipinski definition) is 3. The largest absolute Gasteiger partial charge is 0.490 e. The van der Waals surface area contributed by atoms with Gasteiger partial charge < -0.3 is 14.8 Å². The maximum Gasteiger partial charge on any atom is 0.256 e. The van der Waals surface area contributed by atoms with Crippen LogP contribution in [0.5, 0.6) is 5.75 Å². The van der Waals surface area contributed by atoms with E-state index in [0.29, 0.717) is 12.3 Å². The lowest BCUT2D eigenvalue weighted by Crippen LogP contribution is -2.43. The normalized spacial score (nSPS) is 14.9. The van der Waals surface area contributed by atoms with Gasteiger partial charge in [0.05, 0.1) is 6.10 Å². The van der Waals surface area contributed by atoms with E-state index in [4.69, 9.17) is 9.47 Å². The van der Waals surface area contributed by atoms with Crippen LogP contribution in [0.2, 0.25) is 0 Å². The number of methoxy groups -OCH3 is 1. The van der Waals surface area contributed by atoms with Gasteiger partial charge in [-0.3, -0.25) is 4.79 Å². The molecule has 0 bridgehead atoms. The smallest absolute Gasteiger partial charge is 0.256 e. The highest BCUT2D eigenvalue weighted by atomic mass is 16.5. The molecule has 4 nitrogen and oxygen atoms in total. The Hall–Kier alpha value is -2.07. The summed E-state index contributed by atoms with van der Waals surface area (Å²) in [5.41, 5.74) is -0.0876. The Morgan fingerprint density at radius 3 is 2.35 bits per heavy atom. The number of nitrogens with one attached hydrogen (secondary N) is 1. The molecule has 0 heterocycles. The third kappa shape index (κ3) is 4.55. The molecular formula is C22H31NO3. The van der Waals surface area contributed by atoms with Crippen LogP contribution in [-0.2, 0) is 9.53 Å². The van der Waals surface area contributed by atoms with E-state index in [1.54, 1.807) is 7.11 Å². The van der Waals surface area contributed by atoms with E-state index < -0.39 is 5.60 Å². The standard InChI is InChI=1S/C22H31NO3/c1-7-16(4)26-20-13-12-19(17-10-8-9-11-18(17)20)23-21(24)22(5,25-6)14-15(2)3/h8-13,15-16H,7,14H2,1-6H3,(H,23,24)/t16-,22-/m0/s1. The molecule has 2 atom stereocenters. The maximum atomic E-state index is 12.9. The first-order valence-electron chi connectivity index (χ1n) is 9.35. The second-order valence-corrected chi connectivity index (χ2v) is 7.48. The molecule has 2 rings (SSSR count). The van der Waals surface area contributed by atoms with E-state index in [0.717, 1.165) is 28.6 Å². The molecule has 1 N–H and O–H groups in total. The summed E-state index contributed by atoms with van der Waals surface area (Å²) in [4.78, 5) is 12.9. The number of ether oxygens (including phenoxy) is 2. The van der Waals surface area contributed by atoms with Gasteiger partial charge in [0.15, 0.2) is 0 Å². The molecule has 0 saturated carbocycles. The molecular weight excluding hydrogens is 326 g/mol. The van der Waals surface area contributed by atoms with Gasteiger partial charge in [-0.25, -0.2) is 0 Å². The van der Waals surface area contributed by atoms with Crippen LogP contribution in [-0.4, -0.2) is 24.7 Å². The van der Waals surface area contributed by atoms with Crippen LogP contribution >= 0.6 is 0 Å². The first-order valence-corrected chi connectivity index (χ1v) is 9.35. The first kappa shape index (κ1) is 20.2. The molecule has 0 aromatic heterocycles. The van der Waals surface area contributed by atoms with Crippen molar-refractivity contribution in [2.24, 2.45) is 5.92 Å². The molecule has 4 heteroatoms. The summed E-state index contributed by atoms with van der Waals surface area (Å²) in [6, 6.07) is 11.8. The van der Waals surface area contributed by atoms with Crippen molar-refractivity contribution in [2.45, 2.75) is 59.2 Å². The van der Waals surface area contributed by atoms with E-state index in [2.05, 4.69) is 33.0 Å². The van der Waals surface area contributed by atoms with Crippen LogP contribution in [0, 0.1) is 5.92 Å². The lowest BCUT2D eigenvalue weighted by Gasteiger charge is -2.29. The fourth-order valence-electron chi connectivity index (χ4n) is 3.09. The maximum absolute atomic E-state index is 12.9. The second-order valence-electron chi connectivity index (χ2n) is 7.48. The molecule has 2 aromatic rings. The minimum absolute atomic E-state index is 0.130. The topological polar surface area (TPSA) is 47.6 Å². The number of carbonyl (C=O) groups is 1. The number of hydrogen-bond donors (Lipinski definition) is 1. The van der Waals surface area contributed by atoms with Crippen molar-refractivity contribution in [2.75, 3.05) is 12.4 Å². The van der Waals surface area contributed by atoms with Gasteiger partial charge >= 0.3 is 0 Å². The summed E-state index contributed by atoms with van der Waals surface area (Å²) in [5.74, 6) is 1.06. The van der Waals surface area contributed by atoms with E-state index in [1.165, 1.54) is 0 Å². The fourth-order valence-corrected chi connectivity index (χ4v) is 3.09. The predicted molar refractivity (Wildman–Crippen MR) is 108 cm³/mol. The minimum atomic E-state index is -0.860. The highest BCUT2D eigenvalue weighted by Crippen LogP contribution is 2.33. The first-order chi connectivity index (χ1) is 12.3. The number of anilines is 1. The van der Waals surface area contributed by atoms with Gasteiger partial charge in [-0.15, -0.1) is 0 Å². The van der Waals surface area contributed by atoms with Gasteiger partial charge in [0.25, 0.3) is 5.91 Å². The van der Waals surface area contributed by atoms with Crippen molar-refractivity contribution < 1.29 is 14.3 Å². The zero-order valence-corrected chi connectivity index (χ0v) is 16.8. The Labute approximate surface area is 156 Å². The summed E-state index contributed by atoms with van der Waals surface area (Å²) < 4.78 is 11.6. The SMILES string of the molecule is CC[C@H](C)Oc1ccc(NC(=O)[C@](C)(CC(C)C)OC)c2ccccc12. The lowest BCUT2D eigenvalue weighted by atomic mass is 9.93. The van der Waals surface area contributed by atoms with Crippen molar-refractivity contribution in [1.82, 2.24) is 0 Å². The van der Waals surface area contributed by atoms with Crippen LogP contribution < -0.4 is 10.1 Å². The van der Waals surface area contributed by atoms with Crippen LogP contribution in [0.1, 0.15) is 47.5 Å². The molecule has 2 aromatic carbocycles. The molecule has 142 valence electrons. The summed E-state index contributed by atoms with van der Waals surface area (Å²) in [7, 11) is 1.59. The Balaban J connectivity index is 2.36. The van der Waals surface area contributed by atoms with Crippen LogP contribution in [0.4, 0.5) is 5.69 Å². The fraction of sp³-hybridized carbons (Fsp3) is 0.500. The average Bonchev–Trinajstić information content (AvgIpc) is 2.62. The molecule has 0 aliphatic heterocycles. The van der Waals surface area contributed by atoms with E-state index in [9.17, 15) is 4.79 Å². The molecule has 0 spiro atoms. The highest BCUT2D eigenvalue weighted by Gasteiger charge is 2.34. The lowest BCUT2D eigenvalue weighted by molar-refractivity contribution is -0.137. The van der Waals surface area contributed by atoms with Gasteiger partial charge in [0.2, 0.25) is 0 Å². The van der Waals surface area contributed by atoms with Gasteiger partial charge in [-0.1, -0.05) is 45.0 Å². The van der Waals surface area contributed by atoms with E-state index >= 15 is 0 Å². The van der Waals surface area contributed by atoms with Crippen molar-refractivity contribution in [1.29, 1.82) is 0 Å². The highest BCUT2D eigenvalue weighted by molar-refractivity contribution is 6.06. The second kappa shape index (κ2) is 8.54. The molecule has 0 saturated heterocycles. The molecule has 0 fully saturated rings. The molecule has 0 unspecified atom stereocenters. The van der Waals surface area contributed by atoms with E-state index in [1.807, 2.05) is 43.3 Å². The Morgan fingerprint density at radius 1 is 1.12 bits per heavy atom. The number of carbonyl (C=O) groups excluding carboxylic acids is 1. The minimum Gasteiger partial charge on any atom is -0.490 e. The Bertz CT molecular complexity index is 756. The number of benzene rings is 2. The van der Waals surface area contributed by atoms with Gasteiger partial charge in [-0.05, 0) is 44.7 Å². The zero-order valence-electron chi connectivity index (χ0n) is 16.8. The van der Waals surface area contributed by atoms with Crippen LogP contribution in [0.25, 0.3) is 10.8 Å². The Morgan fingerprint density at radius 2 is 1.77 bits per heavy atom. The third-order valence-electron chi connectivity index (χ3n) is 4.76. The monoisotopic (exact) mass is 357 g/mol. The van der Waals surface area contributed by atoms with Crippen LogP contribution in [0.15, 0.2) is 36.4 Å². The molecule has 1 amide bonds. The number of amides is 1. The molecule has 26 heavy (non-hydrogen) atoms. The number of rotatable bonds is 8. The van der Waals surface area contributed by atoms with Gasteiger partial charge in [0, 0.05) is 23.6 Å². The molecule has 0 radical (unpaired) electrons. The molecule has 0 aliphatic rings. The number of fused-ring (bicyclic) bond motifs is 1. The predicted octanol–water partition coefficient (Wildman–Crippen LogP) is 5.41. The summed E-state index contributed by atoms with van der Waals surface area (Å²) in [6.45, 7) is 10.2. The summed E-state index contributed by atoms with van der Waals surface area (Å²) in [6.07, 6.45) is 1.73. The van der Waals surface area contributed by atoms with Gasteiger partial charge in [-0.2, -0.15) is 0 Å². The zero-order chi connectivity index (χ0) is 19.3. The third-order valence-corrected chi connectivity index (χ3v) is 4.76. The van der Waals surface area contributed by atoms with Crippen molar-refractivity contribution in [3.63, 3.8) is 0 Å². The van der Waals surface area contributed by atoms with E-state index in [-0.39, 0.29) is 12.0 Å². The molecule has 0 aliphatic carbocycles. The van der Waals surface area contributed by atoms with Crippen molar-refractivity contribution >= 4 is 22.4 Å². The quantitative estimate of drug-likeness (QED) is 0.687. The van der Waals surface area contributed by atoms with Gasteiger partial charge in [0.1, 0.15) is 11.4 Å². The summed E-state index contributed by atoms with van der Waals surface area (Å²) >= 11 is 0. The van der Waals surface area contributed by atoms with Crippen molar-refractivity contribution in [3.8, 4) is 5.75 Å². The van der Waals surface area contributed by atoms with Crippen LogP contribution in [0.3, 0.4) is 0 Å². The van der Waals surface area contributed by atoms with Crippen molar-refractivity contribution in [3.05, 3.63) is 36.4 Å². The Kier molecular flexibility index (Phi) is 6.65. The summed E-state index contributed by atoms with van der Waals surface area (Å²) in [5, 5.41) is 5.01. The average molecular weight is 357 g/mol.